The van der Waals surface area contributed by atoms with E-state index in [1.165, 1.54) is 0 Å². The van der Waals surface area contributed by atoms with E-state index in [2.05, 4.69) is 4.72 Å². The Morgan fingerprint density at radius 1 is 1.37 bits per heavy atom. The van der Waals surface area contributed by atoms with Crippen molar-refractivity contribution in [1.82, 2.24) is 4.72 Å². The minimum atomic E-state index is -3.45. The van der Waals surface area contributed by atoms with Crippen molar-refractivity contribution in [2.45, 2.75) is 37.1 Å². The van der Waals surface area contributed by atoms with E-state index in [0.29, 0.717) is 23.8 Å². The quantitative estimate of drug-likeness (QED) is 0.840. The van der Waals surface area contributed by atoms with Crippen LogP contribution in [-0.2, 0) is 16.4 Å². The molecular formula is C13H21ClN2O2S. The molecule has 0 heterocycles. The Morgan fingerprint density at radius 2 is 2.00 bits per heavy atom. The molecule has 3 N–H and O–H groups in total. The number of hydrogen-bond acceptors (Lipinski definition) is 3. The molecule has 0 spiro atoms. The molecule has 19 heavy (non-hydrogen) atoms. The smallest absolute Gasteiger partial charge is 0.241 e. The Morgan fingerprint density at radius 3 is 2.53 bits per heavy atom. The Kier molecular flexibility index (Phi) is 5.80. The third-order valence-corrected chi connectivity index (χ3v) is 4.98. The summed E-state index contributed by atoms with van der Waals surface area (Å²) in [6.45, 7) is 2.31. The van der Waals surface area contributed by atoms with Crippen molar-refractivity contribution in [2.75, 3.05) is 6.54 Å². The lowest BCUT2D eigenvalue weighted by molar-refractivity contribution is 0.518. The van der Waals surface area contributed by atoms with Crippen LogP contribution in [0.2, 0.25) is 0 Å². The van der Waals surface area contributed by atoms with Crippen LogP contribution in [0.3, 0.4) is 0 Å². The van der Waals surface area contributed by atoms with Gasteiger partial charge in [0.2, 0.25) is 10.0 Å². The van der Waals surface area contributed by atoms with Crippen molar-refractivity contribution < 1.29 is 8.42 Å². The van der Waals surface area contributed by atoms with Gasteiger partial charge in [-0.3, -0.25) is 0 Å². The van der Waals surface area contributed by atoms with Gasteiger partial charge in [0.1, 0.15) is 0 Å². The number of aryl methyl sites for hydroxylation is 1. The van der Waals surface area contributed by atoms with Crippen LogP contribution in [0.15, 0.2) is 29.2 Å². The van der Waals surface area contributed by atoms with Crippen LogP contribution < -0.4 is 10.5 Å². The molecule has 1 saturated carbocycles. The number of hydrogen-bond donors (Lipinski definition) is 2. The van der Waals surface area contributed by atoms with E-state index in [1.54, 1.807) is 12.1 Å². The first-order chi connectivity index (χ1) is 8.58. The van der Waals surface area contributed by atoms with Gasteiger partial charge in [0.25, 0.3) is 0 Å². The zero-order valence-electron chi connectivity index (χ0n) is 11.0. The Bertz CT molecular complexity index is 515. The van der Waals surface area contributed by atoms with Crippen molar-refractivity contribution in [3.8, 4) is 0 Å². The first-order valence-corrected chi connectivity index (χ1v) is 7.87. The fraction of sp³-hybridized carbons (Fsp3) is 0.538. The highest BCUT2D eigenvalue weighted by Gasteiger charge is 2.33. The molecule has 1 unspecified atom stereocenters. The second-order valence-electron chi connectivity index (χ2n) is 4.76. The van der Waals surface area contributed by atoms with Gasteiger partial charge in [0.15, 0.2) is 0 Å². The topological polar surface area (TPSA) is 72.2 Å². The van der Waals surface area contributed by atoms with E-state index in [0.717, 1.165) is 18.4 Å². The normalized spacial score (nSPS) is 16.7. The van der Waals surface area contributed by atoms with Gasteiger partial charge in [-0.1, -0.05) is 25.1 Å². The molecule has 2 rings (SSSR count). The maximum atomic E-state index is 12.3. The first-order valence-electron chi connectivity index (χ1n) is 6.38. The fourth-order valence-electron chi connectivity index (χ4n) is 2.16. The largest absolute Gasteiger partial charge is 0.329 e. The average molecular weight is 305 g/mol. The molecule has 0 radical (unpaired) electrons. The molecule has 1 aliphatic rings. The summed E-state index contributed by atoms with van der Waals surface area (Å²) in [4.78, 5) is 0.381. The standard InChI is InChI=1S/C13H20N2O2S.ClH/c1-2-10-5-3-4-6-13(10)18(16,17)15-12(9-14)11-7-8-11;/h3-6,11-12,15H,2,7-9,14H2,1H3;1H. The zero-order valence-corrected chi connectivity index (χ0v) is 12.6. The molecule has 1 atom stereocenters. The fourth-order valence-corrected chi connectivity index (χ4v) is 3.79. The number of sulfonamides is 1. The molecule has 1 aliphatic carbocycles. The van der Waals surface area contributed by atoms with E-state index >= 15 is 0 Å². The highest BCUT2D eigenvalue weighted by molar-refractivity contribution is 7.89. The van der Waals surface area contributed by atoms with Crippen LogP contribution in [0.4, 0.5) is 0 Å². The molecule has 0 bridgehead atoms. The molecule has 6 heteroatoms. The van der Waals surface area contributed by atoms with Crippen molar-refractivity contribution in [1.29, 1.82) is 0 Å². The summed E-state index contributed by atoms with van der Waals surface area (Å²) < 4.78 is 27.4. The minimum absolute atomic E-state index is 0. The second-order valence-corrected chi connectivity index (χ2v) is 6.44. The average Bonchev–Trinajstić information content (AvgIpc) is 3.20. The van der Waals surface area contributed by atoms with Gasteiger partial charge < -0.3 is 5.73 Å². The molecule has 4 nitrogen and oxygen atoms in total. The summed E-state index contributed by atoms with van der Waals surface area (Å²) in [7, 11) is -3.45. The number of rotatable bonds is 6. The minimum Gasteiger partial charge on any atom is -0.329 e. The number of halogens is 1. The molecule has 0 aromatic heterocycles. The molecule has 108 valence electrons. The first kappa shape index (κ1) is 16.4. The summed E-state index contributed by atoms with van der Waals surface area (Å²) in [6.07, 6.45) is 2.84. The van der Waals surface area contributed by atoms with Gasteiger partial charge in [-0.25, -0.2) is 13.1 Å². The Hall–Kier alpha value is -0.620. The van der Waals surface area contributed by atoms with Crippen LogP contribution in [0.5, 0.6) is 0 Å². The van der Waals surface area contributed by atoms with Crippen molar-refractivity contribution >= 4 is 22.4 Å². The van der Waals surface area contributed by atoms with Gasteiger partial charge >= 0.3 is 0 Å². The molecular weight excluding hydrogens is 284 g/mol. The van der Waals surface area contributed by atoms with Gasteiger partial charge in [-0.2, -0.15) is 0 Å². The van der Waals surface area contributed by atoms with E-state index in [4.69, 9.17) is 5.73 Å². The third kappa shape index (κ3) is 3.92. The Balaban J connectivity index is 0.00000180. The number of benzene rings is 1. The van der Waals surface area contributed by atoms with E-state index in [1.807, 2.05) is 19.1 Å². The lowest BCUT2D eigenvalue weighted by atomic mass is 10.2. The van der Waals surface area contributed by atoms with E-state index in [-0.39, 0.29) is 18.4 Å². The molecule has 0 amide bonds. The van der Waals surface area contributed by atoms with Gasteiger partial charge in [0, 0.05) is 12.6 Å². The summed E-state index contributed by atoms with van der Waals surface area (Å²) >= 11 is 0. The monoisotopic (exact) mass is 304 g/mol. The van der Waals surface area contributed by atoms with Crippen LogP contribution in [0, 0.1) is 5.92 Å². The maximum Gasteiger partial charge on any atom is 0.241 e. The summed E-state index contributed by atoms with van der Waals surface area (Å²) in [5.41, 5.74) is 6.49. The molecule has 0 saturated heterocycles. The maximum absolute atomic E-state index is 12.3. The highest BCUT2D eigenvalue weighted by atomic mass is 35.5. The van der Waals surface area contributed by atoms with Crippen molar-refractivity contribution in [2.24, 2.45) is 11.7 Å². The van der Waals surface area contributed by atoms with Crippen LogP contribution in [0.1, 0.15) is 25.3 Å². The zero-order chi connectivity index (χ0) is 13.2. The summed E-state index contributed by atoms with van der Waals surface area (Å²) in [5.74, 6) is 0.415. The Labute approximate surface area is 121 Å². The van der Waals surface area contributed by atoms with Gasteiger partial charge in [-0.05, 0) is 36.8 Å². The van der Waals surface area contributed by atoms with E-state index in [9.17, 15) is 8.42 Å². The van der Waals surface area contributed by atoms with E-state index < -0.39 is 10.0 Å². The van der Waals surface area contributed by atoms with Crippen molar-refractivity contribution in [3.63, 3.8) is 0 Å². The molecule has 1 aromatic rings. The summed E-state index contributed by atoms with van der Waals surface area (Å²) in [6, 6.07) is 6.99. The molecule has 0 aliphatic heterocycles. The number of nitrogens with two attached hydrogens (primary N) is 1. The second kappa shape index (κ2) is 6.70. The number of nitrogens with one attached hydrogen (secondary N) is 1. The third-order valence-electron chi connectivity index (χ3n) is 3.39. The predicted octanol–water partition coefficient (Wildman–Crippen LogP) is 1.69. The van der Waals surface area contributed by atoms with Crippen molar-refractivity contribution in [3.05, 3.63) is 29.8 Å². The van der Waals surface area contributed by atoms with Crippen LogP contribution in [0.25, 0.3) is 0 Å². The summed E-state index contributed by atoms with van der Waals surface area (Å²) in [5, 5.41) is 0. The SMILES string of the molecule is CCc1ccccc1S(=O)(=O)NC(CN)C1CC1.Cl. The van der Waals surface area contributed by atoms with Crippen LogP contribution >= 0.6 is 12.4 Å². The highest BCUT2D eigenvalue weighted by Crippen LogP contribution is 2.33. The predicted molar refractivity (Wildman–Crippen MR) is 79.0 cm³/mol. The van der Waals surface area contributed by atoms with Gasteiger partial charge in [-0.15, -0.1) is 12.4 Å². The van der Waals surface area contributed by atoms with Gasteiger partial charge in [0.05, 0.1) is 4.90 Å². The van der Waals surface area contributed by atoms with Crippen LogP contribution in [-0.4, -0.2) is 21.0 Å². The lowest BCUT2D eigenvalue weighted by Gasteiger charge is -2.17. The molecule has 1 aromatic carbocycles. The molecule has 1 fully saturated rings. The lowest BCUT2D eigenvalue weighted by Crippen LogP contribution is -2.41.